The van der Waals surface area contributed by atoms with Crippen LogP contribution in [0.25, 0.3) is 10.8 Å². The van der Waals surface area contributed by atoms with Crippen LogP contribution >= 0.6 is 0 Å². The number of unbranched alkanes of at least 4 members (excludes halogenated alkanes) is 6. The van der Waals surface area contributed by atoms with Crippen LogP contribution in [0.4, 0.5) is 0 Å². The molecule has 0 amide bonds. The van der Waals surface area contributed by atoms with Gasteiger partial charge in [0.15, 0.2) is 0 Å². The normalized spacial score (nSPS) is 11.5. The molecule has 2 aromatic carbocycles. The number of allylic oxidation sites excluding steroid dienone is 2. The highest BCUT2D eigenvalue weighted by atomic mass is 14.0. The standard InChI is InChI=1S/C22H30/c1-2-3-4-5-6-7-8-9-10-11-14-20-17-18-21-15-12-13-16-22(21)19-20/h3-4,12-13,15-19H,2,5-11,14H2,1H3/b4-3+. The molecule has 0 spiro atoms. The Morgan fingerprint density at radius 1 is 0.727 bits per heavy atom. The quantitative estimate of drug-likeness (QED) is 0.324. The predicted octanol–water partition coefficient (Wildman–Crippen LogP) is 7.08. The Labute approximate surface area is 136 Å². The Bertz CT molecular complexity index is 565. The molecule has 0 bridgehead atoms. The van der Waals surface area contributed by atoms with E-state index in [9.17, 15) is 0 Å². The summed E-state index contributed by atoms with van der Waals surface area (Å²) in [7, 11) is 0. The van der Waals surface area contributed by atoms with Crippen molar-refractivity contribution in [2.24, 2.45) is 0 Å². The molecule has 0 aliphatic rings. The molecule has 0 nitrogen and oxygen atoms in total. The molecule has 0 saturated carbocycles. The molecular weight excluding hydrogens is 264 g/mol. The second kappa shape index (κ2) is 10.2. The zero-order valence-electron chi connectivity index (χ0n) is 14.1. The number of rotatable bonds is 10. The molecule has 0 fully saturated rings. The van der Waals surface area contributed by atoms with Crippen molar-refractivity contribution in [3.8, 4) is 0 Å². The third kappa shape index (κ3) is 6.05. The summed E-state index contributed by atoms with van der Waals surface area (Å²) in [5.74, 6) is 0. The van der Waals surface area contributed by atoms with E-state index in [1.807, 2.05) is 0 Å². The summed E-state index contributed by atoms with van der Waals surface area (Å²) in [6.45, 7) is 2.20. The van der Waals surface area contributed by atoms with Gasteiger partial charge in [0.2, 0.25) is 0 Å². The summed E-state index contributed by atoms with van der Waals surface area (Å²) in [4.78, 5) is 0. The molecule has 0 aromatic heterocycles. The van der Waals surface area contributed by atoms with Crippen molar-refractivity contribution in [1.29, 1.82) is 0 Å². The predicted molar refractivity (Wildman–Crippen MR) is 99.4 cm³/mol. The maximum atomic E-state index is 2.36. The van der Waals surface area contributed by atoms with E-state index in [1.165, 1.54) is 74.1 Å². The van der Waals surface area contributed by atoms with Gasteiger partial charge in [0.25, 0.3) is 0 Å². The molecule has 0 aliphatic heterocycles. The van der Waals surface area contributed by atoms with Gasteiger partial charge < -0.3 is 0 Å². The van der Waals surface area contributed by atoms with Gasteiger partial charge in [-0.05, 0) is 48.4 Å². The van der Waals surface area contributed by atoms with E-state index in [-0.39, 0.29) is 0 Å². The first-order chi connectivity index (χ1) is 10.9. The molecule has 0 N–H and O–H groups in total. The van der Waals surface area contributed by atoms with Gasteiger partial charge in [-0.15, -0.1) is 0 Å². The fourth-order valence-electron chi connectivity index (χ4n) is 2.98. The van der Waals surface area contributed by atoms with Crippen LogP contribution < -0.4 is 0 Å². The molecule has 0 heteroatoms. The van der Waals surface area contributed by atoms with Crippen LogP contribution in [0.15, 0.2) is 54.6 Å². The van der Waals surface area contributed by atoms with E-state index >= 15 is 0 Å². The maximum Gasteiger partial charge on any atom is -0.0181 e. The Morgan fingerprint density at radius 3 is 2.27 bits per heavy atom. The summed E-state index contributed by atoms with van der Waals surface area (Å²) >= 11 is 0. The smallest absolute Gasteiger partial charge is 0.0181 e. The van der Waals surface area contributed by atoms with Crippen molar-refractivity contribution in [3.05, 3.63) is 60.2 Å². The van der Waals surface area contributed by atoms with Gasteiger partial charge in [-0.2, -0.15) is 0 Å². The summed E-state index contributed by atoms with van der Waals surface area (Å²) in [5.41, 5.74) is 1.49. The number of aryl methyl sites for hydroxylation is 1. The van der Waals surface area contributed by atoms with Crippen LogP contribution in [-0.2, 0) is 6.42 Å². The van der Waals surface area contributed by atoms with Crippen LogP contribution in [0.5, 0.6) is 0 Å². The van der Waals surface area contributed by atoms with Gasteiger partial charge in [0, 0.05) is 0 Å². The fourth-order valence-corrected chi connectivity index (χ4v) is 2.98. The summed E-state index contributed by atoms with van der Waals surface area (Å²) in [5, 5.41) is 2.73. The van der Waals surface area contributed by atoms with Crippen molar-refractivity contribution >= 4 is 10.8 Å². The summed E-state index contributed by atoms with van der Waals surface area (Å²) in [6.07, 6.45) is 16.5. The van der Waals surface area contributed by atoms with Crippen LogP contribution in [0.1, 0.15) is 63.9 Å². The Kier molecular flexibility index (Phi) is 7.80. The molecular formula is C22H30. The highest BCUT2D eigenvalue weighted by Crippen LogP contribution is 2.17. The summed E-state index contributed by atoms with van der Waals surface area (Å²) in [6, 6.07) is 15.6. The lowest BCUT2D eigenvalue weighted by Gasteiger charge is -2.04. The monoisotopic (exact) mass is 294 g/mol. The van der Waals surface area contributed by atoms with Gasteiger partial charge in [-0.3, -0.25) is 0 Å². The van der Waals surface area contributed by atoms with Crippen molar-refractivity contribution < 1.29 is 0 Å². The zero-order valence-corrected chi connectivity index (χ0v) is 14.1. The largest absolute Gasteiger partial charge is 0.0888 e. The van der Waals surface area contributed by atoms with E-state index in [1.54, 1.807) is 0 Å². The van der Waals surface area contributed by atoms with Crippen molar-refractivity contribution in [2.45, 2.75) is 64.7 Å². The highest BCUT2D eigenvalue weighted by molar-refractivity contribution is 5.82. The number of hydrogen-bond acceptors (Lipinski definition) is 0. The molecule has 0 saturated heterocycles. The first-order valence-electron chi connectivity index (χ1n) is 9.03. The molecule has 0 aliphatic carbocycles. The van der Waals surface area contributed by atoms with Crippen molar-refractivity contribution in [2.75, 3.05) is 0 Å². The molecule has 118 valence electrons. The van der Waals surface area contributed by atoms with E-state index in [0.717, 1.165) is 0 Å². The molecule has 0 unspecified atom stereocenters. The van der Waals surface area contributed by atoms with Gasteiger partial charge in [-0.1, -0.05) is 87.2 Å². The average Bonchev–Trinajstić information content (AvgIpc) is 2.56. The molecule has 22 heavy (non-hydrogen) atoms. The Hall–Kier alpha value is -1.56. The Morgan fingerprint density at radius 2 is 1.45 bits per heavy atom. The van der Waals surface area contributed by atoms with Crippen LogP contribution in [0.3, 0.4) is 0 Å². The zero-order chi connectivity index (χ0) is 15.5. The molecule has 0 atom stereocenters. The minimum Gasteiger partial charge on any atom is -0.0888 e. The minimum atomic E-state index is 1.18. The third-order valence-electron chi connectivity index (χ3n) is 4.30. The van der Waals surface area contributed by atoms with Crippen LogP contribution in [0.2, 0.25) is 0 Å². The highest BCUT2D eigenvalue weighted by Gasteiger charge is 1.97. The lowest BCUT2D eigenvalue weighted by atomic mass is 10.0. The van der Waals surface area contributed by atoms with E-state index in [2.05, 4.69) is 61.5 Å². The van der Waals surface area contributed by atoms with Gasteiger partial charge in [-0.25, -0.2) is 0 Å². The second-order valence-corrected chi connectivity index (χ2v) is 6.22. The molecule has 0 radical (unpaired) electrons. The van der Waals surface area contributed by atoms with E-state index in [0.29, 0.717) is 0 Å². The van der Waals surface area contributed by atoms with Gasteiger partial charge in [0.1, 0.15) is 0 Å². The fraction of sp³-hybridized carbons (Fsp3) is 0.455. The van der Waals surface area contributed by atoms with Crippen molar-refractivity contribution in [3.63, 3.8) is 0 Å². The minimum absolute atomic E-state index is 1.18. The topological polar surface area (TPSA) is 0 Å². The number of benzene rings is 2. The maximum absolute atomic E-state index is 2.36. The van der Waals surface area contributed by atoms with Crippen LogP contribution in [-0.4, -0.2) is 0 Å². The van der Waals surface area contributed by atoms with Gasteiger partial charge in [0.05, 0.1) is 0 Å². The SMILES string of the molecule is CC/C=C/CCCCCCCCc1ccc2ccccc2c1. The number of fused-ring (bicyclic) bond motifs is 1. The van der Waals surface area contributed by atoms with E-state index < -0.39 is 0 Å². The first kappa shape index (κ1) is 16.8. The molecule has 2 rings (SSSR count). The molecule has 0 heterocycles. The van der Waals surface area contributed by atoms with Crippen molar-refractivity contribution in [1.82, 2.24) is 0 Å². The average molecular weight is 294 g/mol. The Balaban J connectivity index is 1.57. The lowest BCUT2D eigenvalue weighted by molar-refractivity contribution is 0.597. The van der Waals surface area contributed by atoms with E-state index in [4.69, 9.17) is 0 Å². The van der Waals surface area contributed by atoms with Crippen LogP contribution in [0, 0.1) is 0 Å². The first-order valence-corrected chi connectivity index (χ1v) is 9.03. The molecule has 2 aromatic rings. The number of hydrogen-bond donors (Lipinski definition) is 0. The summed E-state index contributed by atoms with van der Waals surface area (Å²) < 4.78 is 0. The van der Waals surface area contributed by atoms with Gasteiger partial charge >= 0.3 is 0 Å². The third-order valence-corrected chi connectivity index (χ3v) is 4.30. The second-order valence-electron chi connectivity index (χ2n) is 6.22. The lowest BCUT2D eigenvalue weighted by Crippen LogP contribution is -1.87.